The van der Waals surface area contributed by atoms with Crippen LogP contribution in [0.1, 0.15) is 13.8 Å². The van der Waals surface area contributed by atoms with Crippen LogP contribution in [-0.4, -0.2) is 36.2 Å². The lowest BCUT2D eigenvalue weighted by molar-refractivity contribution is -0.123. The van der Waals surface area contributed by atoms with Crippen molar-refractivity contribution < 1.29 is 13.2 Å². The number of nitrogens with zero attached hydrogens (tertiary/aromatic N) is 2. The van der Waals surface area contributed by atoms with Crippen LogP contribution in [0.2, 0.25) is 0 Å². The number of carbonyl (C=O) groups is 1. The minimum atomic E-state index is -3.67. The predicted octanol–water partition coefficient (Wildman–Crippen LogP) is 0.742. The summed E-state index contributed by atoms with van der Waals surface area (Å²) in [6.07, 6.45) is 0. The summed E-state index contributed by atoms with van der Waals surface area (Å²) >= 11 is 0.969. The van der Waals surface area contributed by atoms with E-state index in [2.05, 4.69) is 18.8 Å². The van der Waals surface area contributed by atoms with Crippen molar-refractivity contribution in [2.75, 3.05) is 13.1 Å². The minimum Gasteiger partial charge on any atom is -0.355 e. The summed E-state index contributed by atoms with van der Waals surface area (Å²) < 4.78 is 34.9. The van der Waals surface area contributed by atoms with Crippen LogP contribution in [0.3, 0.4) is 0 Å². The lowest BCUT2D eigenvalue weighted by atomic mass is 10.2. The van der Waals surface area contributed by atoms with Gasteiger partial charge in [-0.3, -0.25) is 4.79 Å². The van der Waals surface area contributed by atoms with E-state index in [4.69, 9.17) is 0 Å². The Morgan fingerprint density at radius 1 is 1.29 bits per heavy atom. The van der Waals surface area contributed by atoms with Crippen molar-refractivity contribution in [2.24, 2.45) is 5.92 Å². The van der Waals surface area contributed by atoms with E-state index in [-0.39, 0.29) is 29.8 Å². The number of sulfonamides is 1. The van der Waals surface area contributed by atoms with E-state index in [1.165, 1.54) is 6.07 Å². The normalized spacial score (nSPS) is 12.0. The number of hydrogen-bond donors (Lipinski definition) is 2. The number of benzene rings is 1. The van der Waals surface area contributed by atoms with Gasteiger partial charge in [-0.1, -0.05) is 19.9 Å². The average molecular weight is 328 g/mol. The molecule has 2 rings (SSSR count). The van der Waals surface area contributed by atoms with Gasteiger partial charge in [-0.15, -0.1) is 0 Å². The first-order valence-electron chi connectivity index (χ1n) is 6.40. The molecule has 0 saturated heterocycles. The Hall–Kier alpha value is -1.58. The molecule has 1 amide bonds. The lowest BCUT2D eigenvalue weighted by Gasteiger charge is -2.09. The quantitative estimate of drug-likeness (QED) is 0.762. The zero-order valence-corrected chi connectivity index (χ0v) is 13.3. The number of nitrogens with one attached hydrogen (secondary N) is 2. The van der Waals surface area contributed by atoms with Gasteiger partial charge in [-0.05, 0) is 12.1 Å². The fourth-order valence-electron chi connectivity index (χ4n) is 1.65. The van der Waals surface area contributed by atoms with E-state index < -0.39 is 10.0 Å². The Bertz CT molecular complexity index is 740. The molecule has 1 aromatic heterocycles. The topological polar surface area (TPSA) is 101 Å². The highest BCUT2D eigenvalue weighted by atomic mass is 32.2. The molecule has 1 heterocycles. The van der Waals surface area contributed by atoms with Gasteiger partial charge < -0.3 is 5.32 Å². The standard InChI is InChI=1S/C12H16N4O3S2/c1-8(2)12(17)13-6-7-14-21(18,19)10-5-3-4-9-11(10)16-20-15-9/h3-5,8,14H,6-7H2,1-2H3,(H,13,17). The van der Waals surface area contributed by atoms with E-state index in [1.54, 1.807) is 26.0 Å². The predicted molar refractivity (Wildman–Crippen MR) is 80.5 cm³/mol. The lowest BCUT2D eigenvalue weighted by Crippen LogP contribution is -2.36. The van der Waals surface area contributed by atoms with E-state index >= 15 is 0 Å². The van der Waals surface area contributed by atoms with Gasteiger partial charge in [0.2, 0.25) is 15.9 Å². The fraction of sp³-hybridized carbons (Fsp3) is 0.417. The Morgan fingerprint density at radius 3 is 2.76 bits per heavy atom. The van der Waals surface area contributed by atoms with Crippen molar-refractivity contribution in [3.63, 3.8) is 0 Å². The number of rotatable bonds is 6. The van der Waals surface area contributed by atoms with Crippen LogP contribution in [0.4, 0.5) is 0 Å². The first-order chi connectivity index (χ1) is 9.92. The van der Waals surface area contributed by atoms with Crippen LogP contribution in [0.5, 0.6) is 0 Å². The van der Waals surface area contributed by atoms with Gasteiger partial charge >= 0.3 is 0 Å². The van der Waals surface area contributed by atoms with Crippen LogP contribution in [0.25, 0.3) is 11.0 Å². The molecule has 114 valence electrons. The Labute approximate surface area is 127 Å². The summed E-state index contributed by atoms with van der Waals surface area (Å²) in [5.74, 6) is -0.239. The molecule has 0 aliphatic carbocycles. The van der Waals surface area contributed by atoms with E-state index in [1.807, 2.05) is 0 Å². The van der Waals surface area contributed by atoms with Gasteiger partial charge in [0.25, 0.3) is 0 Å². The smallest absolute Gasteiger partial charge is 0.242 e. The SMILES string of the molecule is CC(C)C(=O)NCCNS(=O)(=O)c1cccc2nsnc12. The van der Waals surface area contributed by atoms with Crippen LogP contribution in [-0.2, 0) is 14.8 Å². The molecule has 0 unspecified atom stereocenters. The molecule has 0 aliphatic rings. The Balaban J connectivity index is 2.02. The van der Waals surface area contributed by atoms with Crippen LogP contribution < -0.4 is 10.0 Å². The van der Waals surface area contributed by atoms with Crippen molar-refractivity contribution in [1.82, 2.24) is 18.8 Å². The summed E-state index contributed by atoms with van der Waals surface area (Å²) in [7, 11) is -3.67. The maximum Gasteiger partial charge on any atom is 0.242 e. The van der Waals surface area contributed by atoms with Gasteiger partial charge in [0.1, 0.15) is 15.9 Å². The van der Waals surface area contributed by atoms with E-state index in [9.17, 15) is 13.2 Å². The molecule has 0 spiro atoms. The van der Waals surface area contributed by atoms with E-state index in [0.29, 0.717) is 11.0 Å². The van der Waals surface area contributed by atoms with Crippen LogP contribution in [0.15, 0.2) is 23.1 Å². The summed E-state index contributed by atoms with van der Waals surface area (Å²) in [6.45, 7) is 3.90. The Kier molecular flexibility index (Phi) is 4.86. The van der Waals surface area contributed by atoms with Gasteiger partial charge in [-0.25, -0.2) is 13.1 Å². The van der Waals surface area contributed by atoms with Gasteiger partial charge in [-0.2, -0.15) is 8.75 Å². The maximum atomic E-state index is 12.2. The summed E-state index contributed by atoms with van der Waals surface area (Å²) in [5.41, 5.74) is 0.914. The van der Waals surface area contributed by atoms with E-state index in [0.717, 1.165) is 11.7 Å². The highest BCUT2D eigenvalue weighted by Gasteiger charge is 2.19. The number of fused-ring (bicyclic) bond motifs is 1. The third-order valence-electron chi connectivity index (χ3n) is 2.78. The maximum absolute atomic E-state index is 12.2. The van der Waals surface area contributed by atoms with Crippen molar-refractivity contribution in [1.29, 1.82) is 0 Å². The highest BCUT2D eigenvalue weighted by molar-refractivity contribution is 7.89. The second-order valence-electron chi connectivity index (χ2n) is 4.73. The monoisotopic (exact) mass is 328 g/mol. The first-order valence-corrected chi connectivity index (χ1v) is 8.62. The van der Waals surface area contributed by atoms with Crippen molar-refractivity contribution in [2.45, 2.75) is 18.7 Å². The number of aromatic nitrogens is 2. The average Bonchev–Trinajstić information content (AvgIpc) is 2.91. The van der Waals surface area contributed by atoms with Gasteiger partial charge in [0.15, 0.2) is 0 Å². The molecule has 0 aliphatic heterocycles. The first kappa shape index (κ1) is 15.8. The molecular weight excluding hydrogens is 312 g/mol. The van der Waals surface area contributed by atoms with Crippen molar-refractivity contribution >= 4 is 38.7 Å². The van der Waals surface area contributed by atoms with Crippen molar-refractivity contribution in [3.8, 4) is 0 Å². The molecule has 0 radical (unpaired) electrons. The highest BCUT2D eigenvalue weighted by Crippen LogP contribution is 2.20. The second-order valence-corrected chi connectivity index (χ2v) is 7.00. The number of carbonyl (C=O) groups excluding carboxylic acids is 1. The number of amides is 1. The zero-order valence-electron chi connectivity index (χ0n) is 11.7. The fourth-order valence-corrected chi connectivity index (χ4v) is 3.45. The molecule has 2 aromatic rings. The summed E-state index contributed by atoms with van der Waals surface area (Å²) in [6, 6.07) is 4.82. The molecule has 21 heavy (non-hydrogen) atoms. The molecule has 1 aromatic carbocycles. The molecule has 2 N–H and O–H groups in total. The largest absolute Gasteiger partial charge is 0.355 e. The molecular formula is C12H16N4O3S2. The summed E-state index contributed by atoms with van der Waals surface area (Å²) in [5, 5.41) is 2.65. The van der Waals surface area contributed by atoms with Gasteiger partial charge in [0.05, 0.1) is 11.7 Å². The second kappa shape index (κ2) is 6.46. The third kappa shape index (κ3) is 3.74. The Morgan fingerprint density at radius 2 is 2.05 bits per heavy atom. The molecule has 0 atom stereocenters. The molecule has 9 heteroatoms. The molecule has 0 fully saturated rings. The molecule has 0 bridgehead atoms. The molecule has 0 saturated carbocycles. The van der Waals surface area contributed by atoms with Crippen LogP contribution >= 0.6 is 11.7 Å². The van der Waals surface area contributed by atoms with Crippen LogP contribution in [0, 0.1) is 5.92 Å². The molecule has 7 nitrogen and oxygen atoms in total. The minimum absolute atomic E-state index is 0.101. The number of hydrogen-bond acceptors (Lipinski definition) is 6. The zero-order chi connectivity index (χ0) is 15.5. The summed E-state index contributed by atoms with van der Waals surface area (Å²) in [4.78, 5) is 11.5. The third-order valence-corrected chi connectivity index (χ3v) is 4.81. The van der Waals surface area contributed by atoms with Gasteiger partial charge in [0, 0.05) is 19.0 Å². The van der Waals surface area contributed by atoms with Crippen molar-refractivity contribution in [3.05, 3.63) is 18.2 Å².